The molecule has 26 heavy (non-hydrogen) atoms. The maximum Gasteiger partial charge on any atom is 0.349 e. The molecule has 0 aliphatic rings. The average Bonchev–Trinajstić information content (AvgIpc) is 3.03. The maximum atomic E-state index is 12.3. The monoisotopic (exact) mass is 379 g/mol. The van der Waals surface area contributed by atoms with Crippen LogP contribution in [-0.4, -0.2) is 28.4 Å². The third kappa shape index (κ3) is 5.24. The van der Waals surface area contributed by atoms with Crippen LogP contribution in [0.25, 0.3) is 0 Å². The Morgan fingerprint density at radius 2 is 2.12 bits per heavy atom. The van der Waals surface area contributed by atoms with E-state index in [1.54, 1.807) is 6.07 Å². The van der Waals surface area contributed by atoms with Crippen molar-refractivity contribution < 1.29 is 24.0 Å². The number of carbonyl (C=O) groups excluding carboxylic acids is 2. The van der Waals surface area contributed by atoms with Crippen LogP contribution in [0.4, 0.5) is 10.7 Å². The predicted octanol–water partition coefficient (Wildman–Crippen LogP) is 3.41. The number of anilines is 1. The number of nitro groups is 1. The van der Waals surface area contributed by atoms with Gasteiger partial charge in [0.05, 0.1) is 4.92 Å². The van der Waals surface area contributed by atoms with Crippen molar-refractivity contribution in [3.8, 4) is 10.9 Å². The number of hydrogen-bond acceptors (Lipinski definition) is 9. The minimum absolute atomic E-state index is 0.0131. The number of unbranched alkanes of at least 4 members (excludes halogenated alkanes) is 1. The second-order valence-corrected chi connectivity index (χ2v) is 6.17. The Balaban J connectivity index is 2.20. The fraction of sp³-hybridized carbons (Fsp3) is 0.312. The Bertz CT molecular complexity index is 820. The molecule has 1 aromatic carbocycles. The van der Waals surface area contributed by atoms with Gasteiger partial charge in [0.1, 0.15) is 17.5 Å². The highest BCUT2D eigenvalue weighted by atomic mass is 32.1. The largest absolute Gasteiger partial charge is 0.426 e. The van der Waals surface area contributed by atoms with Crippen LogP contribution in [0.3, 0.4) is 0 Å². The Hall–Kier alpha value is -3.01. The van der Waals surface area contributed by atoms with Gasteiger partial charge in [0.2, 0.25) is 0 Å². The summed E-state index contributed by atoms with van der Waals surface area (Å²) in [6, 6.07) is 4.64. The van der Waals surface area contributed by atoms with E-state index in [1.807, 2.05) is 0 Å². The Morgan fingerprint density at radius 3 is 2.73 bits per heavy atom. The molecule has 0 aliphatic carbocycles. The van der Waals surface area contributed by atoms with E-state index in [4.69, 9.17) is 9.47 Å². The number of rotatable bonds is 8. The van der Waals surface area contributed by atoms with Gasteiger partial charge in [-0.1, -0.05) is 13.3 Å². The number of nitrogens with one attached hydrogen (secondary N) is 1. The molecule has 0 aliphatic heterocycles. The molecular formula is C16H17N3O6S. The summed E-state index contributed by atoms with van der Waals surface area (Å²) in [6.45, 7) is 4.02. The first-order valence-electron chi connectivity index (χ1n) is 7.79. The highest BCUT2D eigenvalue weighted by molar-refractivity contribution is 7.16. The van der Waals surface area contributed by atoms with Gasteiger partial charge in [-0.15, -0.1) is 0 Å². The molecule has 0 atom stereocenters. The average molecular weight is 379 g/mol. The number of aromatic nitrogens is 1. The molecule has 2 rings (SSSR count). The first kappa shape index (κ1) is 19.3. The zero-order valence-electron chi connectivity index (χ0n) is 14.2. The molecule has 0 unspecified atom stereocenters. The molecule has 0 amide bonds. The van der Waals surface area contributed by atoms with Crippen LogP contribution < -0.4 is 14.8 Å². The molecule has 0 bridgehead atoms. The number of hydrogen-bond donors (Lipinski definition) is 1. The summed E-state index contributed by atoms with van der Waals surface area (Å²) >= 11 is 0.627. The lowest BCUT2D eigenvalue weighted by molar-refractivity contribution is -0.380. The number of esters is 2. The Labute approximate surface area is 153 Å². The first-order chi connectivity index (χ1) is 12.4. The zero-order valence-corrected chi connectivity index (χ0v) is 15.0. The highest BCUT2D eigenvalue weighted by Gasteiger charge is 2.20. The fourth-order valence-corrected chi connectivity index (χ4v) is 2.55. The molecule has 138 valence electrons. The van der Waals surface area contributed by atoms with Crippen molar-refractivity contribution >= 4 is 34.0 Å². The van der Waals surface area contributed by atoms with E-state index in [-0.39, 0.29) is 21.5 Å². The van der Waals surface area contributed by atoms with Gasteiger partial charge in [0.25, 0.3) is 5.19 Å². The summed E-state index contributed by atoms with van der Waals surface area (Å²) in [5.41, 5.74) is 0.704. The summed E-state index contributed by atoms with van der Waals surface area (Å²) < 4.78 is 10.1. The van der Waals surface area contributed by atoms with E-state index in [0.29, 0.717) is 17.0 Å². The van der Waals surface area contributed by atoms with E-state index in [0.717, 1.165) is 25.6 Å². The van der Waals surface area contributed by atoms with Gasteiger partial charge in [-0.2, -0.15) is 0 Å². The van der Waals surface area contributed by atoms with Crippen LogP contribution in [0.15, 0.2) is 24.4 Å². The molecule has 0 radical (unpaired) electrons. The highest BCUT2D eigenvalue weighted by Crippen LogP contribution is 2.30. The summed E-state index contributed by atoms with van der Waals surface area (Å²) in [7, 11) is 0. The van der Waals surface area contributed by atoms with E-state index in [1.165, 1.54) is 19.1 Å². The number of carbonyl (C=O) groups is 2. The summed E-state index contributed by atoms with van der Waals surface area (Å²) in [4.78, 5) is 37.4. The van der Waals surface area contributed by atoms with Crippen molar-refractivity contribution in [1.29, 1.82) is 0 Å². The second kappa shape index (κ2) is 8.90. The molecule has 1 aromatic heterocycles. The van der Waals surface area contributed by atoms with Crippen LogP contribution in [-0.2, 0) is 4.79 Å². The number of benzene rings is 1. The van der Waals surface area contributed by atoms with Gasteiger partial charge < -0.3 is 14.8 Å². The molecular weight excluding hydrogens is 362 g/mol. The van der Waals surface area contributed by atoms with Crippen LogP contribution in [0.1, 0.15) is 37.0 Å². The molecule has 1 N–H and O–H groups in total. The minimum Gasteiger partial charge on any atom is -0.426 e. The summed E-state index contributed by atoms with van der Waals surface area (Å²) in [5, 5.41) is 13.4. The lowest BCUT2D eigenvalue weighted by Gasteiger charge is -2.11. The lowest BCUT2D eigenvalue weighted by Crippen LogP contribution is -2.13. The van der Waals surface area contributed by atoms with Crippen LogP contribution >= 0.6 is 11.3 Å². The second-order valence-electron chi connectivity index (χ2n) is 5.20. The zero-order chi connectivity index (χ0) is 19.1. The van der Waals surface area contributed by atoms with Gasteiger partial charge in [-0.3, -0.25) is 14.9 Å². The standard InChI is InChI=1S/C16H17N3O6S/c1-3-4-7-17-11-5-6-12(13(8-11)24-10(2)20)15(21)25-16-18-9-14(26-16)19(22)23/h5-6,8-9,17H,3-4,7H2,1-2H3. The Morgan fingerprint density at radius 1 is 1.35 bits per heavy atom. The molecule has 0 spiro atoms. The van der Waals surface area contributed by atoms with Crippen LogP contribution in [0.2, 0.25) is 0 Å². The predicted molar refractivity (Wildman–Crippen MR) is 94.9 cm³/mol. The molecule has 0 saturated carbocycles. The van der Waals surface area contributed by atoms with Crippen LogP contribution in [0, 0.1) is 10.1 Å². The van der Waals surface area contributed by atoms with E-state index in [9.17, 15) is 19.7 Å². The Kier molecular flexibility index (Phi) is 6.61. The van der Waals surface area contributed by atoms with Crippen molar-refractivity contribution in [1.82, 2.24) is 4.98 Å². The van der Waals surface area contributed by atoms with E-state index < -0.39 is 16.9 Å². The maximum absolute atomic E-state index is 12.3. The van der Waals surface area contributed by atoms with E-state index >= 15 is 0 Å². The van der Waals surface area contributed by atoms with Crippen LogP contribution in [0.5, 0.6) is 10.9 Å². The first-order valence-corrected chi connectivity index (χ1v) is 8.61. The van der Waals surface area contributed by atoms with Gasteiger partial charge in [0, 0.05) is 25.2 Å². The number of nitrogens with zero attached hydrogens (tertiary/aromatic N) is 2. The molecule has 10 heteroatoms. The van der Waals surface area contributed by atoms with E-state index in [2.05, 4.69) is 17.2 Å². The molecule has 0 fully saturated rings. The molecule has 0 saturated heterocycles. The smallest absolute Gasteiger partial charge is 0.349 e. The van der Waals surface area contributed by atoms with Gasteiger partial charge in [-0.25, -0.2) is 9.78 Å². The fourth-order valence-electron chi connectivity index (χ4n) is 1.97. The third-order valence-corrected chi connectivity index (χ3v) is 3.97. The summed E-state index contributed by atoms with van der Waals surface area (Å²) in [6.07, 6.45) is 2.99. The summed E-state index contributed by atoms with van der Waals surface area (Å²) in [5.74, 6) is -1.38. The van der Waals surface area contributed by atoms with Gasteiger partial charge >= 0.3 is 16.9 Å². The van der Waals surface area contributed by atoms with Crippen molar-refractivity contribution in [2.45, 2.75) is 26.7 Å². The van der Waals surface area contributed by atoms with Crippen molar-refractivity contribution in [2.75, 3.05) is 11.9 Å². The SMILES string of the molecule is CCCCNc1ccc(C(=O)Oc2ncc([N+](=O)[O-])s2)c(OC(C)=O)c1. The van der Waals surface area contributed by atoms with Crippen molar-refractivity contribution in [2.24, 2.45) is 0 Å². The normalized spacial score (nSPS) is 10.2. The van der Waals surface area contributed by atoms with Gasteiger partial charge in [-0.05, 0) is 29.9 Å². The van der Waals surface area contributed by atoms with Crippen molar-refractivity contribution in [3.05, 3.63) is 40.1 Å². The quantitative estimate of drug-likeness (QED) is 0.243. The molecule has 1 heterocycles. The third-order valence-electron chi connectivity index (χ3n) is 3.15. The number of thiazole rings is 1. The number of ether oxygens (including phenoxy) is 2. The molecule has 9 nitrogen and oxygen atoms in total. The van der Waals surface area contributed by atoms with Crippen molar-refractivity contribution in [3.63, 3.8) is 0 Å². The molecule has 2 aromatic rings. The van der Waals surface area contributed by atoms with Gasteiger partial charge in [0.15, 0.2) is 0 Å². The topological polar surface area (TPSA) is 121 Å². The lowest BCUT2D eigenvalue weighted by atomic mass is 10.1. The minimum atomic E-state index is -0.828.